The van der Waals surface area contributed by atoms with Gasteiger partial charge in [-0.3, -0.25) is 0 Å². The standard InChI is InChI=1S/C20H21N3O2S/c1-4-13-23-16(3)19(18-7-5-6-8-20(18)23)14-21-22-26(24,25)17-11-9-15(2)10-12-17/h4-12,14,22H,1,13H2,2-3H3. The number of para-hydroxylation sites is 1. The molecule has 0 spiro atoms. The topological polar surface area (TPSA) is 63.5 Å². The van der Waals surface area contributed by atoms with Crippen LogP contribution in [0.3, 0.4) is 0 Å². The SMILES string of the molecule is C=CCn1c(C)c(C=NNS(=O)(=O)c2ccc(C)cc2)c2ccccc21. The molecule has 0 aliphatic carbocycles. The summed E-state index contributed by atoms with van der Waals surface area (Å²) < 4.78 is 26.8. The van der Waals surface area contributed by atoms with Gasteiger partial charge in [0.05, 0.1) is 11.1 Å². The third-order valence-electron chi connectivity index (χ3n) is 4.29. The number of hydrazone groups is 1. The van der Waals surface area contributed by atoms with Crippen molar-refractivity contribution in [2.24, 2.45) is 5.10 Å². The van der Waals surface area contributed by atoms with Crippen LogP contribution in [0.15, 0.2) is 71.2 Å². The molecule has 0 saturated carbocycles. The van der Waals surface area contributed by atoms with Crippen LogP contribution in [0, 0.1) is 13.8 Å². The van der Waals surface area contributed by atoms with E-state index in [0.717, 1.165) is 27.7 Å². The molecule has 0 aliphatic heterocycles. The molecule has 3 aromatic rings. The van der Waals surface area contributed by atoms with Crippen LogP contribution in [0.25, 0.3) is 10.9 Å². The molecule has 6 heteroatoms. The molecule has 0 fully saturated rings. The number of benzene rings is 2. The average molecular weight is 367 g/mol. The lowest BCUT2D eigenvalue weighted by molar-refractivity contribution is 0.584. The molecular weight excluding hydrogens is 346 g/mol. The lowest BCUT2D eigenvalue weighted by Gasteiger charge is -2.04. The van der Waals surface area contributed by atoms with Crippen LogP contribution in [0.5, 0.6) is 0 Å². The number of rotatable bonds is 6. The van der Waals surface area contributed by atoms with E-state index in [2.05, 4.69) is 21.1 Å². The summed E-state index contributed by atoms with van der Waals surface area (Å²) in [5.41, 5.74) is 3.95. The number of nitrogens with zero attached hydrogens (tertiary/aromatic N) is 2. The molecule has 0 amide bonds. The smallest absolute Gasteiger partial charge is 0.276 e. The van der Waals surface area contributed by atoms with Crippen LogP contribution in [0.4, 0.5) is 0 Å². The van der Waals surface area contributed by atoms with Gasteiger partial charge in [-0.1, -0.05) is 42.0 Å². The van der Waals surface area contributed by atoms with Gasteiger partial charge in [0.25, 0.3) is 10.0 Å². The van der Waals surface area contributed by atoms with Crippen molar-refractivity contribution in [2.75, 3.05) is 0 Å². The Labute approximate surface area is 153 Å². The number of aromatic nitrogens is 1. The fraction of sp³-hybridized carbons (Fsp3) is 0.150. The number of sulfonamides is 1. The van der Waals surface area contributed by atoms with Gasteiger partial charge in [-0.2, -0.15) is 13.5 Å². The molecule has 5 nitrogen and oxygen atoms in total. The fourth-order valence-corrected chi connectivity index (χ4v) is 3.71. The predicted octanol–water partition coefficient (Wildman–Crippen LogP) is 3.76. The van der Waals surface area contributed by atoms with Crippen molar-refractivity contribution in [1.82, 2.24) is 9.40 Å². The molecule has 3 rings (SSSR count). The lowest BCUT2D eigenvalue weighted by atomic mass is 10.1. The highest BCUT2D eigenvalue weighted by Gasteiger charge is 2.14. The second-order valence-corrected chi connectivity index (χ2v) is 7.74. The van der Waals surface area contributed by atoms with E-state index in [1.807, 2.05) is 44.2 Å². The van der Waals surface area contributed by atoms with Gasteiger partial charge in [-0.25, -0.2) is 4.83 Å². The van der Waals surface area contributed by atoms with E-state index in [9.17, 15) is 8.42 Å². The van der Waals surface area contributed by atoms with E-state index in [1.165, 1.54) is 0 Å². The Morgan fingerprint density at radius 3 is 2.50 bits per heavy atom. The number of allylic oxidation sites excluding steroid dienone is 1. The highest BCUT2D eigenvalue weighted by molar-refractivity contribution is 7.89. The zero-order valence-electron chi connectivity index (χ0n) is 14.8. The predicted molar refractivity (Wildman–Crippen MR) is 106 cm³/mol. The Morgan fingerprint density at radius 2 is 1.81 bits per heavy atom. The minimum atomic E-state index is -3.69. The van der Waals surface area contributed by atoms with Crippen LogP contribution in [-0.2, 0) is 16.6 Å². The van der Waals surface area contributed by atoms with Crippen molar-refractivity contribution in [1.29, 1.82) is 0 Å². The van der Waals surface area contributed by atoms with Crippen molar-refractivity contribution in [3.05, 3.63) is 78.0 Å². The number of hydrogen-bond acceptors (Lipinski definition) is 3. The average Bonchev–Trinajstić information content (AvgIpc) is 2.88. The first kappa shape index (κ1) is 17.9. The van der Waals surface area contributed by atoms with E-state index in [4.69, 9.17) is 0 Å². The highest BCUT2D eigenvalue weighted by atomic mass is 32.2. The van der Waals surface area contributed by atoms with E-state index < -0.39 is 10.0 Å². The molecule has 0 saturated heterocycles. The summed E-state index contributed by atoms with van der Waals surface area (Å²) in [7, 11) is -3.69. The number of hydrogen-bond donors (Lipinski definition) is 1. The van der Waals surface area contributed by atoms with Crippen LogP contribution >= 0.6 is 0 Å². The summed E-state index contributed by atoms with van der Waals surface area (Å²) in [5, 5.41) is 5.01. The maximum atomic E-state index is 12.3. The molecule has 1 aromatic heterocycles. The number of fused-ring (bicyclic) bond motifs is 1. The molecule has 1 N–H and O–H groups in total. The van der Waals surface area contributed by atoms with Crippen LogP contribution in [0.1, 0.15) is 16.8 Å². The van der Waals surface area contributed by atoms with Crippen LogP contribution in [0.2, 0.25) is 0 Å². The first-order chi connectivity index (χ1) is 12.4. The van der Waals surface area contributed by atoms with Crippen molar-refractivity contribution in [3.63, 3.8) is 0 Å². The summed E-state index contributed by atoms with van der Waals surface area (Å²) in [4.78, 5) is 2.47. The molecule has 2 aromatic carbocycles. The zero-order chi connectivity index (χ0) is 18.7. The van der Waals surface area contributed by atoms with Gasteiger partial charge >= 0.3 is 0 Å². The molecule has 134 valence electrons. The van der Waals surface area contributed by atoms with Gasteiger partial charge in [0.2, 0.25) is 0 Å². The van der Waals surface area contributed by atoms with E-state index in [1.54, 1.807) is 30.5 Å². The quantitative estimate of drug-likeness (QED) is 0.410. The number of aryl methyl sites for hydroxylation is 1. The summed E-state index contributed by atoms with van der Waals surface area (Å²) in [6.07, 6.45) is 3.39. The third-order valence-corrected chi connectivity index (χ3v) is 5.53. The first-order valence-electron chi connectivity index (χ1n) is 8.24. The Hall–Kier alpha value is -2.86. The third kappa shape index (κ3) is 3.41. The van der Waals surface area contributed by atoms with E-state index >= 15 is 0 Å². The highest BCUT2D eigenvalue weighted by Crippen LogP contribution is 2.24. The van der Waals surface area contributed by atoms with Crippen molar-refractivity contribution < 1.29 is 8.42 Å². The van der Waals surface area contributed by atoms with Crippen LogP contribution < -0.4 is 4.83 Å². The van der Waals surface area contributed by atoms with Crippen LogP contribution in [-0.4, -0.2) is 19.2 Å². The monoisotopic (exact) mass is 367 g/mol. The fourth-order valence-electron chi connectivity index (χ4n) is 2.92. The molecule has 26 heavy (non-hydrogen) atoms. The maximum Gasteiger partial charge on any atom is 0.276 e. The van der Waals surface area contributed by atoms with E-state index in [-0.39, 0.29) is 4.90 Å². The molecule has 0 atom stereocenters. The zero-order valence-corrected chi connectivity index (χ0v) is 15.6. The van der Waals surface area contributed by atoms with Gasteiger partial charge in [-0.15, -0.1) is 6.58 Å². The Balaban J connectivity index is 1.92. The normalized spacial score (nSPS) is 11.9. The Kier molecular flexibility index (Phi) is 4.95. The van der Waals surface area contributed by atoms with E-state index in [0.29, 0.717) is 6.54 Å². The second-order valence-electron chi connectivity index (χ2n) is 6.08. The second kappa shape index (κ2) is 7.17. The molecule has 0 bridgehead atoms. The van der Waals surface area contributed by atoms with Gasteiger partial charge < -0.3 is 4.57 Å². The summed E-state index contributed by atoms with van der Waals surface area (Å²) in [6, 6.07) is 14.6. The van der Waals surface area contributed by atoms with Gasteiger partial charge in [0.15, 0.2) is 0 Å². The van der Waals surface area contributed by atoms with Crippen molar-refractivity contribution >= 4 is 27.1 Å². The summed E-state index contributed by atoms with van der Waals surface area (Å²) in [6.45, 7) is 8.37. The minimum Gasteiger partial charge on any atom is -0.340 e. The van der Waals surface area contributed by atoms with Gasteiger partial charge in [0.1, 0.15) is 0 Å². The molecule has 0 radical (unpaired) electrons. The van der Waals surface area contributed by atoms with Crippen molar-refractivity contribution in [3.8, 4) is 0 Å². The maximum absolute atomic E-state index is 12.3. The molecular formula is C20H21N3O2S. The summed E-state index contributed by atoms with van der Waals surface area (Å²) >= 11 is 0. The van der Waals surface area contributed by atoms with Crippen molar-refractivity contribution in [2.45, 2.75) is 25.3 Å². The summed E-state index contributed by atoms with van der Waals surface area (Å²) in [5.74, 6) is 0. The Bertz CT molecular complexity index is 1080. The molecule has 1 heterocycles. The minimum absolute atomic E-state index is 0.186. The Morgan fingerprint density at radius 1 is 1.12 bits per heavy atom. The van der Waals surface area contributed by atoms with Gasteiger partial charge in [0, 0.05) is 28.7 Å². The largest absolute Gasteiger partial charge is 0.340 e. The number of nitrogens with one attached hydrogen (secondary N) is 1. The lowest BCUT2D eigenvalue weighted by Crippen LogP contribution is -2.18. The molecule has 0 unspecified atom stereocenters. The first-order valence-corrected chi connectivity index (χ1v) is 9.72. The van der Waals surface area contributed by atoms with Gasteiger partial charge in [-0.05, 0) is 32.0 Å². The molecule has 0 aliphatic rings.